The van der Waals surface area contributed by atoms with Crippen LogP contribution in [0.3, 0.4) is 0 Å². The zero-order valence-corrected chi connectivity index (χ0v) is 24.2. The Morgan fingerprint density at radius 3 is 1.95 bits per heavy atom. The minimum absolute atomic E-state index is 0.0224. The fraction of sp³-hybridized carbons (Fsp3) is 0.500. The Bertz CT molecular complexity index is 1460. The molecule has 5 aliphatic rings. The van der Waals surface area contributed by atoms with E-state index >= 15 is 0 Å². The lowest BCUT2D eigenvalue weighted by molar-refractivity contribution is -0.171. The molecule has 2 aliphatic carbocycles. The summed E-state index contributed by atoms with van der Waals surface area (Å²) in [6.07, 6.45) is 0.498. The average molecular weight is 567 g/mol. The number of ketones is 4. The number of esters is 1. The molecule has 1 saturated heterocycles. The van der Waals surface area contributed by atoms with Gasteiger partial charge in [-0.25, -0.2) is 4.79 Å². The van der Waals surface area contributed by atoms with Gasteiger partial charge in [0.15, 0.2) is 23.1 Å². The number of rotatable bonds is 5. The van der Waals surface area contributed by atoms with Gasteiger partial charge in [0, 0.05) is 45.1 Å². The van der Waals surface area contributed by atoms with Gasteiger partial charge < -0.3 is 19.3 Å². The molecule has 0 aromatic carbocycles. The van der Waals surface area contributed by atoms with E-state index < -0.39 is 47.9 Å². The number of nitrogens with zero attached hydrogens (tertiary/aromatic N) is 2. The van der Waals surface area contributed by atoms with Crippen molar-refractivity contribution < 1.29 is 43.3 Å². The Hall–Kier alpha value is -3.67. The predicted molar refractivity (Wildman–Crippen MR) is 144 cm³/mol. The Kier molecular flexibility index (Phi) is 7.25. The van der Waals surface area contributed by atoms with Gasteiger partial charge >= 0.3 is 5.97 Å². The van der Waals surface area contributed by atoms with Crippen LogP contribution in [0.1, 0.15) is 40.5 Å². The van der Waals surface area contributed by atoms with E-state index in [0.29, 0.717) is 11.1 Å². The maximum atomic E-state index is 13.8. The van der Waals surface area contributed by atoms with E-state index in [0.717, 1.165) is 0 Å². The van der Waals surface area contributed by atoms with Crippen molar-refractivity contribution in [2.45, 2.75) is 70.9 Å². The molecule has 0 radical (unpaired) electrons. The molecule has 0 aromatic heterocycles. The first-order valence-electron chi connectivity index (χ1n) is 13.5. The van der Waals surface area contributed by atoms with Gasteiger partial charge in [-0.1, -0.05) is 6.08 Å². The fourth-order valence-corrected chi connectivity index (χ4v) is 6.97. The molecule has 41 heavy (non-hydrogen) atoms. The number of hydrogen-bond acceptors (Lipinski definition) is 11. The minimum atomic E-state index is -1.22. The van der Waals surface area contributed by atoms with Crippen LogP contribution in [-0.4, -0.2) is 102 Å². The summed E-state index contributed by atoms with van der Waals surface area (Å²) in [6, 6.07) is -3.03. The fourth-order valence-electron chi connectivity index (χ4n) is 6.97. The summed E-state index contributed by atoms with van der Waals surface area (Å²) in [5.74, 6) is -2.36. The van der Waals surface area contributed by atoms with Gasteiger partial charge in [0.1, 0.15) is 12.8 Å². The lowest BCUT2D eigenvalue weighted by Gasteiger charge is -2.60. The van der Waals surface area contributed by atoms with Crippen molar-refractivity contribution in [2.24, 2.45) is 0 Å². The molecule has 2 bridgehead atoms. The molecule has 0 amide bonds. The van der Waals surface area contributed by atoms with Crippen molar-refractivity contribution in [1.82, 2.24) is 9.80 Å². The van der Waals surface area contributed by atoms with E-state index in [1.165, 1.54) is 21.1 Å². The zero-order chi connectivity index (χ0) is 30.1. The van der Waals surface area contributed by atoms with Crippen LogP contribution < -0.4 is 0 Å². The Morgan fingerprint density at radius 1 is 0.902 bits per heavy atom. The van der Waals surface area contributed by atoms with Crippen LogP contribution in [0.15, 0.2) is 56.6 Å². The Morgan fingerprint density at radius 2 is 1.41 bits per heavy atom. The highest BCUT2D eigenvalue weighted by Gasteiger charge is 2.59. The maximum Gasteiger partial charge on any atom is 0.333 e. The number of carbonyl (C=O) groups excluding carboxylic acids is 5. The van der Waals surface area contributed by atoms with Crippen molar-refractivity contribution in [3.8, 4) is 0 Å². The van der Waals surface area contributed by atoms with Crippen molar-refractivity contribution in [2.75, 3.05) is 27.9 Å². The van der Waals surface area contributed by atoms with Gasteiger partial charge in [-0.05, 0) is 47.6 Å². The third-order valence-electron chi connectivity index (χ3n) is 9.17. The summed E-state index contributed by atoms with van der Waals surface area (Å²) >= 11 is 0. The molecule has 0 saturated carbocycles. The summed E-state index contributed by atoms with van der Waals surface area (Å²) in [7, 11) is 4.42. The van der Waals surface area contributed by atoms with Crippen molar-refractivity contribution in [3.05, 3.63) is 56.6 Å². The van der Waals surface area contributed by atoms with Crippen LogP contribution in [0.5, 0.6) is 0 Å². The average Bonchev–Trinajstić information content (AvgIpc) is 2.95. The van der Waals surface area contributed by atoms with E-state index in [2.05, 4.69) is 0 Å². The lowest BCUT2D eigenvalue weighted by atomic mass is 9.68. The summed E-state index contributed by atoms with van der Waals surface area (Å²) in [4.78, 5) is 70.7. The third-order valence-corrected chi connectivity index (χ3v) is 9.17. The summed E-state index contributed by atoms with van der Waals surface area (Å²) in [6.45, 7) is 6.03. The largest absolute Gasteiger partial charge is 0.492 e. The highest BCUT2D eigenvalue weighted by atomic mass is 16.5. The van der Waals surface area contributed by atoms with Gasteiger partial charge in [-0.3, -0.25) is 29.0 Å². The van der Waals surface area contributed by atoms with E-state index in [9.17, 15) is 29.1 Å². The quantitative estimate of drug-likeness (QED) is 0.290. The SMILES string of the molecule is CC=C(C)C(=O)OCC1C2=C(CC3C4C5=C(CC(C(O)N13)N4C)C(=O)C(C)=C(OC)C5=O)C(=O)C(C)=C(OC)C2=O. The molecule has 3 heterocycles. The van der Waals surface area contributed by atoms with Gasteiger partial charge in [-0.15, -0.1) is 0 Å². The van der Waals surface area contributed by atoms with Crippen LogP contribution in [0.4, 0.5) is 0 Å². The first-order valence-corrected chi connectivity index (χ1v) is 13.5. The molecule has 5 rings (SSSR count). The monoisotopic (exact) mass is 566 g/mol. The number of fused-ring (bicyclic) bond motifs is 5. The third kappa shape index (κ3) is 4.01. The molecule has 5 atom stereocenters. The van der Waals surface area contributed by atoms with E-state index in [4.69, 9.17) is 14.2 Å². The number of likely N-dealkylation sites (N-methyl/N-ethyl adjacent to an activating group) is 1. The van der Waals surface area contributed by atoms with Crippen molar-refractivity contribution in [3.63, 3.8) is 0 Å². The number of piperazine rings is 1. The topological polar surface area (TPSA) is 140 Å². The minimum Gasteiger partial charge on any atom is -0.492 e. The number of allylic oxidation sites excluding steroid dienone is 5. The smallest absolute Gasteiger partial charge is 0.333 e. The van der Waals surface area contributed by atoms with Crippen LogP contribution in [-0.2, 0) is 38.2 Å². The molecule has 1 fully saturated rings. The van der Waals surface area contributed by atoms with Gasteiger partial charge in [-0.2, -0.15) is 0 Å². The van der Waals surface area contributed by atoms with Crippen LogP contribution in [0.2, 0.25) is 0 Å². The second-order valence-corrected chi connectivity index (χ2v) is 11.0. The Labute approximate surface area is 237 Å². The molecular formula is C30H34N2O9. The molecule has 0 spiro atoms. The Balaban J connectivity index is 1.67. The first-order chi connectivity index (χ1) is 19.4. The lowest BCUT2D eigenvalue weighted by Crippen LogP contribution is -2.74. The number of Topliss-reactive ketones (excluding diaryl/α,β-unsaturated/α-hetero) is 4. The first kappa shape index (κ1) is 28.8. The molecular weight excluding hydrogens is 532 g/mol. The molecule has 218 valence electrons. The normalized spacial score (nSPS) is 30.9. The molecule has 0 aromatic rings. The summed E-state index contributed by atoms with van der Waals surface area (Å²) in [5, 5.41) is 11.8. The number of hydrogen-bond donors (Lipinski definition) is 1. The van der Waals surface area contributed by atoms with Gasteiger partial charge in [0.2, 0.25) is 11.6 Å². The van der Waals surface area contributed by atoms with Crippen molar-refractivity contribution in [1.29, 1.82) is 0 Å². The zero-order valence-electron chi connectivity index (χ0n) is 24.2. The number of methoxy groups -OCH3 is 2. The maximum absolute atomic E-state index is 13.8. The second kappa shape index (κ2) is 10.3. The molecule has 11 nitrogen and oxygen atoms in total. The number of aliphatic hydroxyl groups excluding tert-OH is 1. The predicted octanol–water partition coefficient (Wildman–Crippen LogP) is 1.08. The molecule has 5 unspecified atom stereocenters. The summed E-state index contributed by atoms with van der Waals surface area (Å²) in [5.41, 5.74) is 1.65. The second-order valence-electron chi connectivity index (χ2n) is 11.0. The van der Waals surface area contributed by atoms with Crippen LogP contribution in [0.25, 0.3) is 0 Å². The highest BCUT2D eigenvalue weighted by molar-refractivity contribution is 6.26. The van der Waals surface area contributed by atoms with Crippen LogP contribution >= 0.6 is 0 Å². The number of aliphatic hydroxyl groups is 1. The van der Waals surface area contributed by atoms with Gasteiger partial charge in [0.25, 0.3) is 0 Å². The van der Waals surface area contributed by atoms with Gasteiger partial charge in [0.05, 0.1) is 32.3 Å². The van der Waals surface area contributed by atoms with Crippen molar-refractivity contribution >= 4 is 29.1 Å². The molecule has 11 heteroatoms. The number of carbonyl (C=O) groups is 5. The van der Waals surface area contributed by atoms with Crippen LogP contribution in [0, 0.1) is 0 Å². The van der Waals surface area contributed by atoms with E-state index in [-0.39, 0.29) is 70.4 Å². The molecule has 3 aliphatic heterocycles. The van der Waals surface area contributed by atoms with E-state index in [1.54, 1.807) is 38.8 Å². The standard InChI is InChI=1S/C30H34N2O9/c1-8-12(2)30(38)41-11-19-20-15(23(33)13(3)27(39-6)25(20)35)9-17-22-21-16(10-18(31(22)5)29(37)32(17)19)24(34)14(4)28(40-7)26(21)36/h8,17-19,22,29,37H,9-11H2,1-7H3. The molecule has 1 N–H and O–H groups in total. The van der Waals surface area contributed by atoms with E-state index in [1.807, 2.05) is 4.90 Å². The highest BCUT2D eigenvalue weighted by Crippen LogP contribution is 2.48. The number of ether oxygens (including phenoxy) is 3. The summed E-state index contributed by atoms with van der Waals surface area (Å²) < 4.78 is 16.3.